The van der Waals surface area contributed by atoms with Gasteiger partial charge in [0.15, 0.2) is 11.9 Å². The molecule has 1 aliphatic heterocycles. The maximum absolute atomic E-state index is 13.9. The van der Waals surface area contributed by atoms with Crippen molar-refractivity contribution in [2.24, 2.45) is 10.2 Å². The summed E-state index contributed by atoms with van der Waals surface area (Å²) < 4.78 is 54.5. The van der Waals surface area contributed by atoms with Gasteiger partial charge in [-0.2, -0.15) is 23.4 Å². The van der Waals surface area contributed by atoms with Crippen molar-refractivity contribution in [2.45, 2.75) is 38.2 Å². The third kappa shape index (κ3) is 5.26. The third-order valence-corrected chi connectivity index (χ3v) is 5.44. The molecule has 12 heteroatoms. The Morgan fingerprint density at radius 1 is 1.06 bits per heavy atom. The molecule has 0 amide bonds. The molecule has 0 radical (unpaired) electrons. The minimum absolute atomic E-state index is 0.0592. The molecule has 2 aromatic carbocycles. The molecule has 178 valence electrons. The summed E-state index contributed by atoms with van der Waals surface area (Å²) in [5.74, 6) is -0.430. The predicted octanol–water partition coefficient (Wildman–Crippen LogP) is 3.87. The van der Waals surface area contributed by atoms with Crippen LogP contribution in [0.15, 0.2) is 63.5 Å². The van der Waals surface area contributed by atoms with Crippen LogP contribution in [0.25, 0.3) is 11.4 Å². The molecule has 4 rings (SSSR count). The Morgan fingerprint density at radius 2 is 1.74 bits per heavy atom. The normalized spacial score (nSPS) is 14.8. The lowest BCUT2D eigenvalue weighted by Crippen LogP contribution is -2.37. The zero-order chi connectivity index (χ0) is 24.5. The van der Waals surface area contributed by atoms with Crippen LogP contribution >= 0.6 is 11.6 Å². The van der Waals surface area contributed by atoms with Gasteiger partial charge in [-0.25, -0.2) is 13.9 Å². The van der Waals surface area contributed by atoms with Crippen molar-refractivity contribution in [3.8, 4) is 11.4 Å². The molecule has 7 nitrogen and oxygen atoms in total. The van der Waals surface area contributed by atoms with E-state index in [-0.39, 0.29) is 31.0 Å². The molecule has 2 heterocycles. The van der Waals surface area contributed by atoms with E-state index in [4.69, 9.17) is 11.6 Å². The molecule has 0 saturated heterocycles. The Balaban J connectivity index is 1.57. The van der Waals surface area contributed by atoms with Gasteiger partial charge in [-0.15, -0.1) is 5.10 Å². The van der Waals surface area contributed by atoms with Crippen LogP contribution in [-0.2, 0) is 19.5 Å². The molecule has 0 unspecified atom stereocenters. The standard InChI is InChI=1S/C22H18ClF4N5O2/c23-15-7-5-13(6-8-15)20-30-32(21(34)31(20)12-19(33)22(25,26)27)11-17-10-16(28-29-17)9-14-3-1-2-4-18(14)24/h1-8,19,33H,9-12H2/t19-/m0/s1. The van der Waals surface area contributed by atoms with E-state index < -0.39 is 24.5 Å². The van der Waals surface area contributed by atoms with Gasteiger partial charge in [0.25, 0.3) is 0 Å². The fraction of sp³-hybridized carbons (Fsp3) is 0.273. The van der Waals surface area contributed by atoms with Gasteiger partial charge in [0.1, 0.15) is 5.82 Å². The Bertz CT molecular complexity index is 1310. The quantitative estimate of drug-likeness (QED) is 0.505. The Kier molecular flexibility index (Phi) is 6.67. The van der Waals surface area contributed by atoms with E-state index in [9.17, 15) is 27.5 Å². The van der Waals surface area contributed by atoms with Crippen molar-refractivity contribution in [1.82, 2.24) is 14.3 Å². The molecule has 1 aliphatic rings. The number of alkyl halides is 3. The first-order valence-electron chi connectivity index (χ1n) is 10.1. The summed E-state index contributed by atoms with van der Waals surface area (Å²) >= 11 is 5.88. The van der Waals surface area contributed by atoms with Gasteiger partial charge in [-0.1, -0.05) is 29.8 Å². The van der Waals surface area contributed by atoms with Gasteiger partial charge < -0.3 is 5.11 Å². The summed E-state index contributed by atoms with van der Waals surface area (Å²) in [6.45, 7) is -1.15. The lowest BCUT2D eigenvalue weighted by molar-refractivity contribution is -0.207. The van der Waals surface area contributed by atoms with Crippen LogP contribution in [0.5, 0.6) is 0 Å². The van der Waals surface area contributed by atoms with Crippen molar-refractivity contribution >= 4 is 23.0 Å². The van der Waals surface area contributed by atoms with Crippen LogP contribution < -0.4 is 5.69 Å². The van der Waals surface area contributed by atoms with Crippen LogP contribution in [0, 0.1) is 5.82 Å². The second-order valence-corrected chi connectivity index (χ2v) is 8.15. The zero-order valence-corrected chi connectivity index (χ0v) is 18.3. The Morgan fingerprint density at radius 3 is 2.41 bits per heavy atom. The molecule has 1 atom stereocenters. The van der Waals surface area contributed by atoms with Gasteiger partial charge in [0.05, 0.1) is 24.5 Å². The van der Waals surface area contributed by atoms with E-state index in [0.717, 1.165) is 9.25 Å². The highest BCUT2D eigenvalue weighted by molar-refractivity contribution is 6.30. The Hall–Kier alpha value is -3.31. The van der Waals surface area contributed by atoms with E-state index in [1.54, 1.807) is 18.2 Å². The first-order valence-corrected chi connectivity index (χ1v) is 10.5. The summed E-state index contributed by atoms with van der Waals surface area (Å²) in [6, 6.07) is 12.3. The van der Waals surface area contributed by atoms with Crippen LogP contribution in [-0.4, -0.2) is 43.2 Å². The van der Waals surface area contributed by atoms with Crippen molar-refractivity contribution in [2.75, 3.05) is 0 Å². The van der Waals surface area contributed by atoms with Crippen molar-refractivity contribution < 1.29 is 22.7 Å². The summed E-state index contributed by atoms with van der Waals surface area (Å²) in [4.78, 5) is 12.9. The van der Waals surface area contributed by atoms with E-state index in [1.807, 2.05) is 0 Å². The molecule has 0 aliphatic carbocycles. The van der Waals surface area contributed by atoms with E-state index >= 15 is 0 Å². The third-order valence-electron chi connectivity index (χ3n) is 5.18. The van der Waals surface area contributed by atoms with Gasteiger partial charge in [-0.3, -0.25) is 4.57 Å². The fourth-order valence-corrected chi connectivity index (χ4v) is 3.59. The van der Waals surface area contributed by atoms with Crippen molar-refractivity contribution in [3.05, 3.63) is 75.4 Å². The summed E-state index contributed by atoms with van der Waals surface area (Å²) in [5, 5.41) is 22.2. The number of nitrogens with zero attached hydrogens (tertiary/aromatic N) is 5. The second kappa shape index (κ2) is 9.51. The number of aliphatic hydroxyl groups excluding tert-OH is 1. The van der Waals surface area contributed by atoms with Gasteiger partial charge in [-0.05, 0) is 35.9 Å². The topological polar surface area (TPSA) is 84.8 Å². The molecule has 0 bridgehead atoms. The number of benzene rings is 2. The van der Waals surface area contributed by atoms with E-state index in [2.05, 4.69) is 15.3 Å². The molecular weight excluding hydrogens is 478 g/mol. The highest BCUT2D eigenvalue weighted by atomic mass is 35.5. The van der Waals surface area contributed by atoms with Crippen LogP contribution in [0.3, 0.4) is 0 Å². The number of hydrogen-bond donors (Lipinski definition) is 1. The lowest BCUT2D eigenvalue weighted by atomic mass is 10.0. The van der Waals surface area contributed by atoms with Gasteiger partial charge >= 0.3 is 11.9 Å². The minimum atomic E-state index is -4.91. The Labute approximate surface area is 195 Å². The van der Waals surface area contributed by atoms with E-state index in [1.165, 1.54) is 30.3 Å². The first-order chi connectivity index (χ1) is 16.1. The van der Waals surface area contributed by atoms with Crippen LogP contribution in [0.1, 0.15) is 12.0 Å². The maximum Gasteiger partial charge on any atom is 0.416 e. The number of aromatic nitrogens is 3. The van der Waals surface area contributed by atoms with Gasteiger partial charge in [0, 0.05) is 23.4 Å². The summed E-state index contributed by atoms with van der Waals surface area (Å²) in [7, 11) is 0. The largest absolute Gasteiger partial charge is 0.416 e. The van der Waals surface area contributed by atoms with Gasteiger partial charge in [0.2, 0.25) is 0 Å². The number of hydrogen-bond acceptors (Lipinski definition) is 5. The predicted molar refractivity (Wildman–Crippen MR) is 119 cm³/mol. The maximum atomic E-state index is 13.9. The van der Waals surface area contributed by atoms with Crippen LogP contribution in [0.4, 0.5) is 17.6 Å². The highest BCUT2D eigenvalue weighted by Crippen LogP contribution is 2.24. The molecule has 0 saturated carbocycles. The lowest BCUT2D eigenvalue weighted by Gasteiger charge is -2.15. The SMILES string of the molecule is O=c1n(CC2=NN=C(Cc3ccccc3F)C2)nc(-c2ccc(Cl)cc2)n1C[C@H](O)C(F)(F)F. The number of rotatable bonds is 7. The van der Waals surface area contributed by atoms with Crippen molar-refractivity contribution in [1.29, 1.82) is 0 Å². The average molecular weight is 496 g/mol. The van der Waals surface area contributed by atoms with Crippen LogP contribution in [0.2, 0.25) is 5.02 Å². The highest BCUT2D eigenvalue weighted by Gasteiger charge is 2.39. The molecular formula is C22H18ClF4N5O2. The average Bonchev–Trinajstić information content (AvgIpc) is 3.35. The zero-order valence-electron chi connectivity index (χ0n) is 17.5. The monoisotopic (exact) mass is 495 g/mol. The minimum Gasteiger partial charge on any atom is -0.382 e. The molecule has 1 N–H and O–H groups in total. The fourth-order valence-electron chi connectivity index (χ4n) is 3.47. The number of aliphatic hydroxyl groups is 1. The van der Waals surface area contributed by atoms with E-state index in [0.29, 0.717) is 27.6 Å². The summed E-state index contributed by atoms with van der Waals surface area (Å²) in [5.41, 5.74) is 0.971. The molecule has 0 fully saturated rings. The molecule has 0 spiro atoms. The van der Waals surface area contributed by atoms with Crippen molar-refractivity contribution in [3.63, 3.8) is 0 Å². The smallest absolute Gasteiger partial charge is 0.382 e. The first kappa shape index (κ1) is 23.8. The summed E-state index contributed by atoms with van der Waals surface area (Å²) in [6.07, 6.45) is -7.18. The molecule has 3 aromatic rings. The molecule has 1 aromatic heterocycles. The second-order valence-electron chi connectivity index (χ2n) is 7.72. The molecule has 34 heavy (non-hydrogen) atoms. The number of halogens is 5.